The Bertz CT molecular complexity index is 404. The van der Waals surface area contributed by atoms with Gasteiger partial charge >= 0.3 is 0 Å². The second kappa shape index (κ2) is 6.33. The maximum Gasteiger partial charge on any atom is 0.107 e. The molecule has 3 rings (SSSR count). The van der Waals surface area contributed by atoms with Gasteiger partial charge in [-0.2, -0.15) is 0 Å². The molecule has 4 heteroatoms. The number of nitrogens with zero attached hydrogens (tertiary/aromatic N) is 2. The quantitative estimate of drug-likeness (QED) is 0.918. The first-order chi connectivity index (χ1) is 9.35. The Morgan fingerprint density at radius 1 is 1.32 bits per heavy atom. The molecule has 1 aliphatic heterocycles. The molecule has 106 valence electrons. The summed E-state index contributed by atoms with van der Waals surface area (Å²) in [4.78, 5) is 7.34. The van der Waals surface area contributed by atoms with Gasteiger partial charge in [0.05, 0.1) is 5.69 Å². The fourth-order valence-corrected chi connectivity index (χ4v) is 4.50. The number of hydrogen-bond acceptors (Lipinski definition) is 4. The van der Waals surface area contributed by atoms with Crippen molar-refractivity contribution in [2.45, 2.75) is 45.2 Å². The molecule has 0 bridgehead atoms. The number of nitrogens with one attached hydrogen (secondary N) is 1. The minimum absolute atomic E-state index is 0.898. The third-order valence-corrected chi connectivity index (χ3v) is 5.59. The fourth-order valence-electron chi connectivity index (χ4n) is 3.70. The number of piperidine rings is 1. The molecule has 19 heavy (non-hydrogen) atoms. The molecule has 2 unspecified atom stereocenters. The Balaban J connectivity index is 1.54. The van der Waals surface area contributed by atoms with Gasteiger partial charge in [0.1, 0.15) is 5.01 Å². The second-order valence-corrected chi connectivity index (χ2v) is 7.03. The normalized spacial score (nSPS) is 28.3. The first-order valence-electron chi connectivity index (χ1n) is 7.65. The lowest BCUT2D eigenvalue weighted by atomic mass is 9.75. The smallest absolute Gasteiger partial charge is 0.107 e. The van der Waals surface area contributed by atoms with Gasteiger partial charge in [-0.05, 0) is 38.3 Å². The SMILES string of the molecule is CNCc1nc(CN2CCC3CCCCC3C2)cs1. The summed E-state index contributed by atoms with van der Waals surface area (Å²) in [6.07, 6.45) is 7.29. The van der Waals surface area contributed by atoms with E-state index in [2.05, 4.69) is 15.6 Å². The van der Waals surface area contributed by atoms with Crippen molar-refractivity contribution in [3.63, 3.8) is 0 Å². The average Bonchev–Trinajstić information content (AvgIpc) is 2.86. The van der Waals surface area contributed by atoms with Gasteiger partial charge in [-0.25, -0.2) is 4.98 Å². The van der Waals surface area contributed by atoms with Crippen LogP contribution in [0.2, 0.25) is 0 Å². The summed E-state index contributed by atoms with van der Waals surface area (Å²) < 4.78 is 0. The van der Waals surface area contributed by atoms with Gasteiger partial charge in [0.2, 0.25) is 0 Å². The Morgan fingerprint density at radius 3 is 3.00 bits per heavy atom. The van der Waals surface area contributed by atoms with Gasteiger partial charge in [-0.3, -0.25) is 4.90 Å². The van der Waals surface area contributed by atoms with E-state index < -0.39 is 0 Å². The summed E-state index contributed by atoms with van der Waals surface area (Å²) in [5, 5.41) is 6.62. The van der Waals surface area contributed by atoms with Gasteiger partial charge in [0.25, 0.3) is 0 Å². The summed E-state index contributed by atoms with van der Waals surface area (Å²) in [5.41, 5.74) is 1.27. The van der Waals surface area contributed by atoms with Crippen molar-refractivity contribution in [1.29, 1.82) is 0 Å². The first-order valence-corrected chi connectivity index (χ1v) is 8.53. The zero-order chi connectivity index (χ0) is 13.1. The highest BCUT2D eigenvalue weighted by atomic mass is 32.1. The maximum absolute atomic E-state index is 4.71. The molecule has 2 aliphatic rings. The third-order valence-electron chi connectivity index (χ3n) is 4.69. The molecule has 3 nitrogen and oxygen atoms in total. The third kappa shape index (κ3) is 3.36. The van der Waals surface area contributed by atoms with Crippen LogP contribution < -0.4 is 5.32 Å². The molecule has 1 saturated heterocycles. The van der Waals surface area contributed by atoms with Crippen molar-refractivity contribution in [1.82, 2.24) is 15.2 Å². The molecule has 1 aromatic heterocycles. The van der Waals surface area contributed by atoms with Crippen LogP contribution in [-0.4, -0.2) is 30.0 Å². The number of likely N-dealkylation sites (tertiary alicyclic amines) is 1. The lowest BCUT2D eigenvalue weighted by Crippen LogP contribution is -2.41. The van der Waals surface area contributed by atoms with Crippen LogP contribution in [0.3, 0.4) is 0 Å². The van der Waals surface area contributed by atoms with Crippen molar-refractivity contribution in [3.8, 4) is 0 Å². The second-order valence-electron chi connectivity index (χ2n) is 6.09. The monoisotopic (exact) mass is 279 g/mol. The highest BCUT2D eigenvalue weighted by Gasteiger charge is 2.31. The highest BCUT2D eigenvalue weighted by molar-refractivity contribution is 7.09. The number of rotatable bonds is 4. The van der Waals surface area contributed by atoms with Crippen LogP contribution in [-0.2, 0) is 13.1 Å². The lowest BCUT2D eigenvalue weighted by Gasteiger charge is -2.41. The zero-order valence-electron chi connectivity index (χ0n) is 11.9. The Labute approximate surface area is 120 Å². The molecule has 0 aromatic carbocycles. The molecule has 2 atom stereocenters. The Morgan fingerprint density at radius 2 is 2.16 bits per heavy atom. The zero-order valence-corrected chi connectivity index (χ0v) is 12.7. The topological polar surface area (TPSA) is 28.2 Å². The summed E-state index contributed by atoms with van der Waals surface area (Å²) in [5.74, 6) is 2.00. The summed E-state index contributed by atoms with van der Waals surface area (Å²) >= 11 is 1.79. The molecule has 1 N–H and O–H groups in total. The molecule has 1 saturated carbocycles. The van der Waals surface area contributed by atoms with E-state index in [4.69, 9.17) is 4.98 Å². The lowest BCUT2D eigenvalue weighted by molar-refractivity contribution is 0.0813. The maximum atomic E-state index is 4.71. The van der Waals surface area contributed by atoms with E-state index in [1.165, 1.54) is 55.9 Å². The van der Waals surface area contributed by atoms with E-state index in [9.17, 15) is 0 Å². The van der Waals surface area contributed by atoms with E-state index in [0.717, 1.165) is 24.9 Å². The molecule has 0 radical (unpaired) electrons. The van der Waals surface area contributed by atoms with E-state index >= 15 is 0 Å². The molecule has 1 aromatic rings. The van der Waals surface area contributed by atoms with Gasteiger partial charge in [-0.1, -0.05) is 19.3 Å². The van der Waals surface area contributed by atoms with Crippen molar-refractivity contribution in [2.75, 3.05) is 20.1 Å². The van der Waals surface area contributed by atoms with Crippen molar-refractivity contribution >= 4 is 11.3 Å². The summed E-state index contributed by atoms with van der Waals surface area (Å²) in [7, 11) is 1.98. The van der Waals surface area contributed by atoms with E-state index in [-0.39, 0.29) is 0 Å². The molecule has 2 fully saturated rings. The largest absolute Gasteiger partial charge is 0.314 e. The fraction of sp³-hybridized carbons (Fsp3) is 0.800. The average molecular weight is 279 g/mol. The molecule has 0 spiro atoms. The summed E-state index contributed by atoms with van der Waals surface area (Å²) in [6.45, 7) is 4.54. The number of hydrogen-bond donors (Lipinski definition) is 1. The number of thiazole rings is 1. The molecular formula is C15H25N3S. The van der Waals surface area contributed by atoms with Crippen LogP contribution in [0.5, 0.6) is 0 Å². The van der Waals surface area contributed by atoms with E-state index in [1.54, 1.807) is 11.3 Å². The molecular weight excluding hydrogens is 254 g/mol. The minimum atomic E-state index is 0.898. The number of fused-ring (bicyclic) bond motifs is 1. The van der Waals surface area contributed by atoms with Gasteiger partial charge < -0.3 is 5.32 Å². The van der Waals surface area contributed by atoms with E-state index in [0.29, 0.717) is 0 Å². The summed E-state index contributed by atoms with van der Waals surface area (Å²) in [6, 6.07) is 0. The predicted molar refractivity (Wildman–Crippen MR) is 80.2 cm³/mol. The van der Waals surface area contributed by atoms with Crippen molar-refractivity contribution < 1.29 is 0 Å². The van der Waals surface area contributed by atoms with E-state index in [1.807, 2.05) is 7.05 Å². The number of aromatic nitrogens is 1. The first kappa shape index (κ1) is 13.5. The van der Waals surface area contributed by atoms with Crippen LogP contribution in [0.25, 0.3) is 0 Å². The van der Waals surface area contributed by atoms with Crippen LogP contribution in [0.1, 0.15) is 42.8 Å². The van der Waals surface area contributed by atoms with Gasteiger partial charge in [0, 0.05) is 25.0 Å². The Hall–Kier alpha value is -0.450. The highest BCUT2D eigenvalue weighted by Crippen LogP contribution is 2.36. The Kier molecular flexibility index (Phi) is 4.51. The molecule has 1 aliphatic carbocycles. The minimum Gasteiger partial charge on any atom is -0.314 e. The van der Waals surface area contributed by atoms with Gasteiger partial charge in [0.15, 0.2) is 0 Å². The van der Waals surface area contributed by atoms with Crippen LogP contribution in [0.15, 0.2) is 5.38 Å². The van der Waals surface area contributed by atoms with Crippen LogP contribution >= 0.6 is 11.3 Å². The molecule has 2 heterocycles. The standard InChI is InChI=1S/C15H25N3S/c1-16-8-15-17-14(11-19-15)10-18-7-6-12-4-2-3-5-13(12)9-18/h11-13,16H,2-10H2,1H3. The van der Waals surface area contributed by atoms with Crippen LogP contribution in [0, 0.1) is 11.8 Å². The van der Waals surface area contributed by atoms with Gasteiger partial charge in [-0.15, -0.1) is 11.3 Å². The van der Waals surface area contributed by atoms with Crippen molar-refractivity contribution in [3.05, 3.63) is 16.1 Å². The van der Waals surface area contributed by atoms with Crippen LogP contribution in [0.4, 0.5) is 0 Å². The predicted octanol–water partition coefficient (Wildman–Crippen LogP) is 2.87. The van der Waals surface area contributed by atoms with Crippen molar-refractivity contribution in [2.24, 2.45) is 11.8 Å². The molecule has 0 amide bonds.